The largest absolute Gasteiger partial charge is 0.507 e. The topological polar surface area (TPSA) is 135 Å². The van der Waals surface area contributed by atoms with Crippen LogP contribution in [-0.2, 0) is 0 Å². The Labute approximate surface area is 118 Å². The number of hydrogen-bond donors (Lipinski definition) is 5. The Morgan fingerprint density at radius 2 is 1.19 bits per heavy atom. The van der Waals surface area contributed by atoms with Crippen molar-refractivity contribution in [1.29, 1.82) is 0 Å². The van der Waals surface area contributed by atoms with Gasteiger partial charge >= 0.3 is 5.97 Å². The van der Waals surface area contributed by atoms with Gasteiger partial charge in [-0.25, -0.2) is 4.79 Å². The second-order valence-electron chi connectivity index (χ2n) is 4.20. The quantitative estimate of drug-likeness (QED) is 0.539. The van der Waals surface area contributed by atoms with E-state index >= 15 is 0 Å². The van der Waals surface area contributed by atoms with Crippen LogP contribution < -0.4 is 0 Å². The van der Waals surface area contributed by atoms with Gasteiger partial charge in [0.15, 0.2) is 0 Å². The highest BCUT2D eigenvalue weighted by Crippen LogP contribution is 2.36. The van der Waals surface area contributed by atoms with E-state index in [-0.39, 0.29) is 0 Å². The molecule has 7 nitrogen and oxygen atoms in total. The average molecular weight is 290 g/mol. The van der Waals surface area contributed by atoms with Crippen LogP contribution in [0.2, 0.25) is 0 Å². The number of benzene rings is 2. The zero-order valence-electron chi connectivity index (χ0n) is 10.4. The van der Waals surface area contributed by atoms with Gasteiger partial charge in [-0.2, -0.15) is 0 Å². The number of phenols is 4. The van der Waals surface area contributed by atoms with E-state index in [1.165, 1.54) is 6.07 Å². The normalized spacial score (nSPS) is 10.3. The molecule has 0 fully saturated rings. The summed E-state index contributed by atoms with van der Waals surface area (Å²) in [5, 5.41) is 47.5. The molecule has 0 heterocycles. The predicted molar refractivity (Wildman–Crippen MR) is 69.9 cm³/mol. The van der Waals surface area contributed by atoms with Crippen LogP contribution >= 0.6 is 0 Å². The standard InChI is InChI=1S/C14H10O7/c15-7-2-1-3-8(16)11(7)13(19)12-9(17)4-6(14(20)21)5-10(12)18/h1-5,15-18H,(H,20,21). The molecule has 0 amide bonds. The second-order valence-corrected chi connectivity index (χ2v) is 4.20. The summed E-state index contributed by atoms with van der Waals surface area (Å²) in [4.78, 5) is 23.0. The van der Waals surface area contributed by atoms with Gasteiger partial charge < -0.3 is 25.5 Å². The Morgan fingerprint density at radius 1 is 0.762 bits per heavy atom. The first-order chi connectivity index (χ1) is 9.82. The molecular weight excluding hydrogens is 280 g/mol. The van der Waals surface area contributed by atoms with Crippen molar-refractivity contribution < 1.29 is 35.1 Å². The third kappa shape index (κ3) is 2.44. The molecular formula is C14H10O7. The van der Waals surface area contributed by atoms with Crippen LogP contribution in [0.1, 0.15) is 26.3 Å². The van der Waals surface area contributed by atoms with E-state index in [0.717, 1.165) is 24.3 Å². The summed E-state index contributed by atoms with van der Waals surface area (Å²) in [5.41, 5.74) is -1.54. The summed E-state index contributed by atoms with van der Waals surface area (Å²) in [6.07, 6.45) is 0. The van der Waals surface area contributed by atoms with Crippen LogP contribution in [0, 0.1) is 0 Å². The first-order valence-corrected chi connectivity index (χ1v) is 5.67. The molecule has 7 heteroatoms. The lowest BCUT2D eigenvalue weighted by Crippen LogP contribution is -2.05. The number of carboxylic acids is 1. The first-order valence-electron chi connectivity index (χ1n) is 5.67. The van der Waals surface area contributed by atoms with E-state index in [9.17, 15) is 30.0 Å². The van der Waals surface area contributed by atoms with Crippen LogP contribution in [-0.4, -0.2) is 37.3 Å². The number of rotatable bonds is 3. The van der Waals surface area contributed by atoms with Gasteiger partial charge in [0.05, 0.1) is 5.56 Å². The van der Waals surface area contributed by atoms with Crippen molar-refractivity contribution in [2.75, 3.05) is 0 Å². The van der Waals surface area contributed by atoms with Crippen molar-refractivity contribution in [3.05, 3.63) is 47.0 Å². The van der Waals surface area contributed by atoms with Gasteiger partial charge in [0.1, 0.15) is 34.1 Å². The Kier molecular flexibility index (Phi) is 3.41. The molecule has 0 spiro atoms. The third-order valence-corrected chi connectivity index (χ3v) is 2.82. The molecule has 0 aliphatic rings. The van der Waals surface area contributed by atoms with Crippen molar-refractivity contribution in [3.63, 3.8) is 0 Å². The SMILES string of the molecule is O=C(O)c1cc(O)c(C(=O)c2c(O)cccc2O)c(O)c1. The first kappa shape index (κ1) is 14.2. The maximum absolute atomic E-state index is 12.2. The summed E-state index contributed by atoms with van der Waals surface area (Å²) < 4.78 is 0. The molecule has 2 aromatic rings. The number of aromatic carboxylic acids is 1. The predicted octanol–water partition coefficient (Wildman–Crippen LogP) is 1.44. The highest BCUT2D eigenvalue weighted by atomic mass is 16.4. The zero-order chi connectivity index (χ0) is 15.7. The summed E-state index contributed by atoms with van der Waals surface area (Å²) in [5.74, 6) is -5.08. The smallest absolute Gasteiger partial charge is 0.335 e. The number of hydrogen-bond acceptors (Lipinski definition) is 6. The fourth-order valence-electron chi connectivity index (χ4n) is 1.85. The van der Waals surface area contributed by atoms with Gasteiger partial charge in [0.2, 0.25) is 5.78 Å². The molecule has 21 heavy (non-hydrogen) atoms. The minimum Gasteiger partial charge on any atom is -0.507 e. The van der Waals surface area contributed by atoms with Crippen LogP contribution in [0.5, 0.6) is 23.0 Å². The van der Waals surface area contributed by atoms with E-state index in [1.807, 2.05) is 0 Å². The molecule has 0 bridgehead atoms. The highest BCUT2D eigenvalue weighted by molar-refractivity contribution is 6.15. The average Bonchev–Trinajstić information content (AvgIpc) is 2.37. The molecule has 0 aliphatic carbocycles. The molecule has 0 unspecified atom stereocenters. The van der Waals surface area contributed by atoms with Gasteiger partial charge in [0.25, 0.3) is 0 Å². The highest BCUT2D eigenvalue weighted by Gasteiger charge is 2.25. The maximum Gasteiger partial charge on any atom is 0.335 e. The Bertz CT molecular complexity index is 706. The molecule has 0 aromatic heterocycles. The summed E-state index contributed by atoms with van der Waals surface area (Å²) in [7, 11) is 0. The minimum atomic E-state index is -1.40. The lowest BCUT2D eigenvalue weighted by molar-refractivity contribution is 0.0695. The van der Waals surface area contributed by atoms with Crippen molar-refractivity contribution in [2.24, 2.45) is 0 Å². The second kappa shape index (κ2) is 5.04. The van der Waals surface area contributed by atoms with Crippen molar-refractivity contribution >= 4 is 11.8 Å². The van der Waals surface area contributed by atoms with Gasteiger partial charge in [0, 0.05) is 0 Å². The number of ketones is 1. The van der Waals surface area contributed by atoms with Crippen LogP contribution in [0.25, 0.3) is 0 Å². The van der Waals surface area contributed by atoms with E-state index in [0.29, 0.717) is 0 Å². The van der Waals surface area contributed by atoms with Gasteiger partial charge in [-0.05, 0) is 24.3 Å². The molecule has 5 N–H and O–H groups in total. The molecule has 2 rings (SSSR count). The van der Waals surface area contributed by atoms with Crippen molar-refractivity contribution in [3.8, 4) is 23.0 Å². The van der Waals surface area contributed by atoms with E-state index in [4.69, 9.17) is 5.11 Å². The molecule has 0 saturated carbocycles. The maximum atomic E-state index is 12.2. The molecule has 0 saturated heterocycles. The zero-order valence-corrected chi connectivity index (χ0v) is 10.4. The molecule has 0 radical (unpaired) electrons. The number of carboxylic acid groups (broad SMARTS) is 1. The Hall–Kier alpha value is -3.22. The monoisotopic (exact) mass is 290 g/mol. The Morgan fingerprint density at radius 3 is 1.62 bits per heavy atom. The molecule has 0 atom stereocenters. The summed E-state index contributed by atoms with van der Waals surface area (Å²) in [6, 6.07) is 5.16. The lowest BCUT2D eigenvalue weighted by atomic mass is 9.98. The van der Waals surface area contributed by atoms with E-state index in [1.54, 1.807) is 0 Å². The molecule has 2 aromatic carbocycles. The van der Waals surface area contributed by atoms with Gasteiger partial charge in [-0.3, -0.25) is 4.79 Å². The molecule has 0 aliphatic heterocycles. The van der Waals surface area contributed by atoms with Crippen LogP contribution in [0.15, 0.2) is 30.3 Å². The number of carbonyl (C=O) groups excluding carboxylic acids is 1. The number of carbonyl (C=O) groups is 2. The van der Waals surface area contributed by atoms with Crippen molar-refractivity contribution in [1.82, 2.24) is 0 Å². The summed E-state index contributed by atoms with van der Waals surface area (Å²) >= 11 is 0. The van der Waals surface area contributed by atoms with Gasteiger partial charge in [-0.15, -0.1) is 0 Å². The summed E-state index contributed by atoms with van der Waals surface area (Å²) in [6.45, 7) is 0. The van der Waals surface area contributed by atoms with E-state index in [2.05, 4.69) is 0 Å². The molecule has 108 valence electrons. The number of phenolic OH excluding ortho intramolecular Hbond substituents is 4. The van der Waals surface area contributed by atoms with Gasteiger partial charge in [-0.1, -0.05) is 6.07 Å². The fraction of sp³-hybridized carbons (Fsp3) is 0. The lowest BCUT2D eigenvalue weighted by Gasteiger charge is -2.10. The fourth-order valence-corrected chi connectivity index (χ4v) is 1.85. The third-order valence-electron chi connectivity index (χ3n) is 2.82. The van der Waals surface area contributed by atoms with E-state index < -0.39 is 51.4 Å². The minimum absolute atomic E-state index is 0.414. The van der Waals surface area contributed by atoms with Crippen molar-refractivity contribution in [2.45, 2.75) is 0 Å². The number of aromatic hydroxyl groups is 4. The van der Waals surface area contributed by atoms with Crippen LogP contribution in [0.4, 0.5) is 0 Å². The Balaban J connectivity index is 2.62. The van der Waals surface area contributed by atoms with Crippen LogP contribution in [0.3, 0.4) is 0 Å².